The van der Waals surface area contributed by atoms with Crippen LogP contribution >= 0.6 is 0 Å². The Morgan fingerprint density at radius 3 is 2.25 bits per heavy atom. The smallest absolute Gasteiger partial charge is 0.252 e. The summed E-state index contributed by atoms with van der Waals surface area (Å²) in [6.45, 7) is 4.18. The number of nitrogens with one attached hydrogen (secondary N) is 1. The molecule has 3 aromatic carbocycles. The number of amides is 1. The molecule has 0 radical (unpaired) electrons. The van der Waals surface area contributed by atoms with Crippen molar-refractivity contribution in [3.05, 3.63) is 95.1 Å². The molecular weight excluding hydrogens is 422 g/mol. The quantitative estimate of drug-likeness (QED) is 0.483. The van der Waals surface area contributed by atoms with E-state index in [0.29, 0.717) is 5.56 Å². The molecule has 7 heteroatoms. The Balaban J connectivity index is 1.69. The number of primary sulfonamides is 1. The number of pyridine rings is 1. The maximum atomic E-state index is 13.3. The van der Waals surface area contributed by atoms with Crippen LogP contribution in [0.3, 0.4) is 0 Å². The summed E-state index contributed by atoms with van der Waals surface area (Å²) in [5, 5.41) is 8.87. The molecule has 0 saturated carbocycles. The minimum Gasteiger partial charge on any atom is -0.348 e. The van der Waals surface area contributed by atoms with Crippen LogP contribution < -0.4 is 10.5 Å². The van der Waals surface area contributed by atoms with Crippen molar-refractivity contribution in [2.24, 2.45) is 5.14 Å². The van der Waals surface area contributed by atoms with E-state index in [2.05, 4.69) is 5.32 Å². The molecule has 0 atom stereocenters. The van der Waals surface area contributed by atoms with Crippen LogP contribution in [-0.2, 0) is 16.6 Å². The van der Waals surface area contributed by atoms with E-state index >= 15 is 0 Å². The zero-order chi connectivity index (χ0) is 22.9. The number of carbonyl (C=O) groups is 1. The molecule has 0 unspecified atom stereocenters. The van der Waals surface area contributed by atoms with E-state index in [9.17, 15) is 13.2 Å². The van der Waals surface area contributed by atoms with Crippen LogP contribution in [0.15, 0.2) is 77.7 Å². The number of rotatable bonds is 5. The number of hydrogen-bond donors (Lipinski definition) is 2. The van der Waals surface area contributed by atoms with Gasteiger partial charge in [0.25, 0.3) is 5.91 Å². The monoisotopic (exact) mass is 445 g/mol. The van der Waals surface area contributed by atoms with Crippen molar-refractivity contribution in [2.75, 3.05) is 0 Å². The second-order valence-electron chi connectivity index (χ2n) is 7.72. The first-order valence-electron chi connectivity index (χ1n) is 10.1. The number of carbonyl (C=O) groups excluding carboxylic acids is 1. The van der Waals surface area contributed by atoms with Crippen LogP contribution in [-0.4, -0.2) is 19.3 Å². The molecule has 0 saturated heterocycles. The van der Waals surface area contributed by atoms with Gasteiger partial charge >= 0.3 is 0 Å². The number of nitrogens with two attached hydrogens (primary N) is 1. The third-order valence-electron chi connectivity index (χ3n) is 5.39. The van der Waals surface area contributed by atoms with Gasteiger partial charge in [-0.05, 0) is 43.2 Å². The fourth-order valence-corrected chi connectivity index (χ4v) is 4.18. The first-order valence-corrected chi connectivity index (χ1v) is 11.6. The van der Waals surface area contributed by atoms with E-state index in [0.717, 1.165) is 38.9 Å². The van der Waals surface area contributed by atoms with Crippen molar-refractivity contribution in [1.82, 2.24) is 10.3 Å². The Morgan fingerprint density at radius 2 is 1.59 bits per heavy atom. The summed E-state index contributed by atoms with van der Waals surface area (Å²) >= 11 is 0. The van der Waals surface area contributed by atoms with Gasteiger partial charge in [-0.15, -0.1) is 0 Å². The molecular formula is C25H23N3O3S. The first-order chi connectivity index (χ1) is 15.2. The molecule has 0 bridgehead atoms. The summed E-state index contributed by atoms with van der Waals surface area (Å²) < 4.78 is 22.9. The second kappa shape index (κ2) is 8.53. The lowest BCUT2D eigenvalue weighted by Crippen LogP contribution is -2.24. The Morgan fingerprint density at radius 1 is 0.938 bits per heavy atom. The number of sulfonamides is 1. The van der Waals surface area contributed by atoms with Crippen LogP contribution in [0, 0.1) is 13.8 Å². The highest BCUT2D eigenvalue weighted by atomic mass is 32.2. The van der Waals surface area contributed by atoms with E-state index in [1.807, 2.05) is 62.4 Å². The Bertz CT molecular complexity index is 1410. The van der Waals surface area contributed by atoms with Gasteiger partial charge < -0.3 is 5.32 Å². The van der Waals surface area contributed by atoms with Gasteiger partial charge in [-0.3, -0.25) is 4.79 Å². The number of nitrogens with zero attached hydrogens (tertiary/aromatic N) is 1. The Hall–Kier alpha value is -3.55. The van der Waals surface area contributed by atoms with Gasteiger partial charge in [0.15, 0.2) is 0 Å². The summed E-state index contributed by atoms with van der Waals surface area (Å²) in [6, 6.07) is 21.8. The van der Waals surface area contributed by atoms with Gasteiger partial charge in [0.05, 0.1) is 21.7 Å². The van der Waals surface area contributed by atoms with Gasteiger partial charge in [0.2, 0.25) is 10.0 Å². The molecule has 3 N–H and O–H groups in total. The van der Waals surface area contributed by atoms with Crippen molar-refractivity contribution in [1.29, 1.82) is 0 Å². The summed E-state index contributed by atoms with van der Waals surface area (Å²) in [7, 11) is -3.75. The van der Waals surface area contributed by atoms with Crippen molar-refractivity contribution in [2.45, 2.75) is 25.3 Å². The summed E-state index contributed by atoms with van der Waals surface area (Å²) in [4.78, 5) is 18.1. The van der Waals surface area contributed by atoms with Gasteiger partial charge in [-0.25, -0.2) is 18.5 Å². The standard InChI is InChI=1S/C25H23N3O3S/c1-16-7-11-19(12-8-16)24-17(2)23(21-5-3-4-6-22(21)28-24)25(29)27-15-18-9-13-20(14-10-18)32(26,30)31/h3-14H,15H2,1-2H3,(H,27,29)(H2,26,30,31). The molecule has 4 aromatic rings. The number of hydrogen-bond acceptors (Lipinski definition) is 4. The molecule has 1 heterocycles. The molecule has 4 rings (SSSR count). The van der Waals surface area contributed by atoms with Gasteiger partial charge in [0.1, 0.15) is 0 Å². The van der Waals surface area contributed by atoms with Gasteiger partial charge in [0, 0.05) is 17.5 Å². The number of fused-ring (bicyclic) bond motifs is 1. The van der Waals surface area contributed by atoms with Crippen molar-refractivity contribution < 1.29 is 13.2 Å². The molecule has 0 fully saturated rings. The van der Waals surface area contributed by atoms with Crippen LogP contribution in [0.1, 0.15) is 27.0 Å². The predicted molar refractivity (Wildman–Crippen MR) is 126 cm³/mol. The fourth-order valence-electron chi connectivity index (χ4n) is 3.66. The lowest BCUT2D eigenvalue weighted by atomic mass is 9.96. The van der Waals surface area contributed by atoms with Crippen molar-refractivity contribution in [3.63, 3.8) is 0 Å². The van der Waals surface area contributed by atoms with Crippen LogP contribution in [0.25, 0.3) is 22.2 Å². The molecule has 1 amide bonds. The largest absolute Gasteiger partial charge is 0.348 e. The van der Waals surface area contributed by atoms with Crippen LogP contribution in [0.4, 0.5) is 0 Å². The first kappa shape index (κ1) is 21.7. The number of aryl methyl sites for hydroxylation is 1. The summed E-state index contributed by atoms with van der Waals surface area (Å²) in [5.74, 6) is -0.218. The van der Waals surface area contributed by atoms with Crippen LogP contribution in [0.2, 0.25) is 0 Å². The number of benzene rings is 3. The molecule has 0 aliphatic rings. The Labute approximate surface area is 187 Å². The topological polar surface area (TPSA) is 102 Å². The summed E-state index contributed by atoms with van der Waals surface area (Å²) in [6.07, 6.45) is 0. The van der Waals surface area contributed by atoms with Gasteiger partial charge in [-0.1, -0.05) is 60.2 Å². The highest BCUT2D eigenvalue weighted by Crippen LogP contribution is 2.30. The van der Waals surface area contributed by atoms with Crippen molar-refractivity contribution in [3.8, 4) is 11.3 Å². The SMILES string of the molecule is Cc1ccc(-c2nc3ccccc3c(C(=O)NCc3ccc(S(N)(=O)=O)cc3)c2C)cc1. The normalized spacial score (nSPS) is 11.5. The predicted octanol–water partition coefficient (Wildman–Crippen LogP) is 4.10. The Kier molecular flexibility index (Phi) is 5.78. The average molecular weight is 446 g/mol. The van der Waals surface area contributed by atoms with E-state index in [1.165, 1.54) is 12.1 Å². The fraction of sp³-hybridized carbons (Fsp3) is 0.120. The lowest BCUT2D eigenvalue weighted by Gasteiger charge is -2.15. The number of aromatic nitrogens is 1. The van der Waals surface area contributed by atoms with Crippen molar-refractivity contribution >= 4 is 26.8 Å². The maximum Gasteiger partial charge on any atom is 0.252 e. The highest BCUT2D eigenvalue weighted by molar-refractivity contribution is 7.89. The van der Waals surface area contributed by atoms with E-state index in [1.54, 1.807) is 12.1 Å². The molecule has 6 nitrogen and oxygen atoms in total. The molecule has 0 aliphatic heterocycles. The van der Waals surface area contributed by atoms with E-state index < -0.39 is 10.0 Å². The van der Waals surface area contributed by atoms with E-state index in [-0.39, 0.29) is 17.3 Å². The molecule has 1 aromatic heterocycles. The molecule has 162 valence electrons. The zero-order valence-electron chi connectivity index (χ0n) is 17.8. The van der Waals surface area contributed by atoms with Gasteiger partial charge in [-0.2, -0.15) is 0 Å². The third-order valence-corrected chi connectivity index (χ3v) is 6.32. The maximum absolute atomic E-state index is 13.3. The van der Waals surface area contributed by atoms with Crippen LogP contribution in [0.5, 0.6) is 0 Å². The zero-order valence-corrected chi connectivity index (χ0v) is 18.6. The average Bonchev–Trinajstić information content (AvgIpc) is 2.77. The lowest BCUT2D eigenvalue weighted by molar-refractivity contribution is 0.0952. The molecule has 0 spiro atoms. The second-order valence-corrected chi connectivity index (χ2v) is 9.28. The third kappa shape index (κ3) is 4.39. The minimum atomic E-state index is -3.75. The number of para-hydroxylation sites is 1. The summed E-state index contributed by atoms with van der Waals surface area (Å²) in [5.41, 5.74) is 5.76. The van der Waals surface area contributed by atoms with E-state index in [4.69, 9.17) is 10.1 Å². The molecule has 0 aliphatic carbocycles. The minimum absolute atomic E-state index is 0.0336. The highest BCUT2D eigenvalue weighted by Gasteiger charge is 2.19. The molecule has 32 heavy (non-hydrogen) atoms.